The summed E-state index contributed by atoms with van der Waals surface area (Å²) in [4.78, 5) is 17.1. The summed E-state index contributed by atoms with van der Waals surface area (Å²) in [6.45, 7) is 6.34. The largest absolute Gasteiger partial charge is 0.369 e. The van der Waals surface area contributed by atoms with Gasteiger partial charge in [0.2, 0.25) is 5.91 Å². The normalized spacial score (nSPS) is 20.1. The average Bonchev–Trinajstić information content (AvgIpc) is 2.67. The highest BCUT2D eigenvalue weighted by molar-refractivity contribution is 5.78. The van der Waals surface area contributed by atoms with E-state index in [0.29, 0.717) is 5.91 Å². The van der Waals surface area contributed by atoms with Crippen molar-refractivity contribution in [1.29, 1.82) is 0 Å². The van der Waals surface area contributed by atoms with Crippen molar-refractivity contribution in [3.05, 3.63) is 30.3 Å². The number of benzene rings is 1. The number of anilines is 1. The smallest absolute Gasteiger partial charge is 0.223 e. The van der Waals surface area contributed by atoms with Crippen molar-refractivity contribution >= 4 is 11.6 Å². The van der Waals surface area contributed by atoms with E-state index in [1.54, 1.807) is 0 Å². The lowest BCUT2D eigenvalue weighted by Gasteiger charge is -2.36. The molecule has 0 unspecified atom stereocenters. The first-order chi connectivity index (χ1) is 11.8. The first kappa shape index (κ1) is 17.3. The maximum Gasteiger partial charge on any atom is 0.223 e. The van der Waals surface area contributed by atoms with Crippen LogP contribution < -0.4 is 10.2 Å². The topological polar surface area (TPSA) is 35.6 Å². The highest BCUT2D eigenvalue weighted by Gasteiger charge is 2.21. The highest BCUT2D eigenvalue weighted by atomic mass is 16.1. The van der Waals surface area contributed by atoms with Crippen LogP contribution in [0.4, 0.5) is 5.69 Å². The van der Waals surface area contributed by atoms with E-state index in [0.717, 1.165) is 58.5 Å². The van der Waals surface area contributed by atoms with Gasteiger partial charge in [0.05, 0.1) is 0 Å². The van der Waals surface area contributed by atoms with E-state index in [1.165, 1.54) is 24.9 Å². The molecular formula is C20H31N3O. The minimum Gasteiger partial charge on any atom is -0.369 e. The fourth-order valence-corrected chi connectivity index (χ4v) is 3.89. The summed E-state index contributed by atoms with van der Waals surface area (Å²) in [5.41, 5.74) is 1.33. The van der Waals surface area contributed by atoms with Crippen molar-refractivity contribution in [3.63, 3.8) is 0 Å². The van der Waals surface area contributed by atoms with E-state index in [9.17, 15) is 4.79 Å². The zero-order valence-electron chi connectivity index (χ0n) is 14.8. The number of piperazine rings is 1. The lowest BCUT2D eigenvalue weighted by Crippen LogP contribution is -2.47. The van der Waals surface area contributed by atoms with Crippen molar-refractivity contribution < 1.29 is 4.79 Å². The van der Waals surface area contributed by atoms with Gasteiger partial charge in [0.15, 0.2) is 0 Å². The summed E-state index contributed by atoms with van der Waals surface area (Å²) < 4.78 is 0. The summed E-state index contributed by atoms with van der Waals surface area (Å²) in [5.74, 6) is 0.580. The SMILES string of the molecule is O=C(NCCCN1CCN(c2ccccc2)CC1)C1CCCCC1. The monoisotopic (exact) mass is 329 g/mol. The van der Waals surface area contributed by atoms with Crippen LogP contribution in [0.5, 0.6) is 0 Å². The molecule has 1 N–H and O–H groups in total. The summed E-state index contributed by atoms with van der Waals surface area (Å²) in [5, 5.41) is 3.15. The Hall–Kier alpha value is -1.55. The van der Waals surface area contributed by atoms with Gasteiger partial charge in [-0.1, -0.05) is 37.5 Å². The Balaban J connectivity index is 1.29. The number of carbonyl (C=O) groups is 1. The van der Waals surface area contributed by atoms with Crippen LogP contribution in [-0.2, 0) is 4.79 Å². The first-order valence-corrected chi connectivity index (χ1v) is 9.63. The molecule has 1 saturated carbocycles. The second-order valence-electron chi connectivity index (χ2n) is 7.14. The van der Waals surface area contributed by atoms with Gasteiger partial charge in [-0.05, 0) is 37.9 Å². The minimum absolute atomic E-state index is 0.285. The van der Waals surface area contributed by atoms with Gasteiger partial charge >= 0.3 is 0 Å². The van der Waals surface area contributed by atoms with Crippen LogP contribution in [-0.4, -0.2) is 50.1 Å². The third-order valence-corrected chi connectivity index (χ3v) is 5.42. The molecule has 0 spiro atoms. The fraction of sp³-hybridized carbons (Fsp3) is 0.650. The molecule has 1 amide bonds. The molecular weight excluding hydrogens is 298 g/mol. The Morgan fingerprint density at radius 3 is 2.42 bits per heavy atom. The molecule has 1 aromatic rings. The maximum atomic E-state index is 12.1. The standard InChI is InChI=1S/C20H31N3O/c24-20(18-8-3-1-4-9-18)21-12-7-13-22-14-16-23(17-15-22)19-10-5-2-6-11-19/h2,5-6,10-11,18H,1,3-4,7-9,12-17H2,(H,21,24). The predicted molar refractivity (Wildman–Crippen MR) is 99.3 cm³/mol. The minimum atomic E-state index is 0.285. The van der Waals surface area contributed by atoms with Crippen LogP contribution in [0.25, 0.3) is 0 Å². The molecule has 1 saturated heterocycles. The van der Waals surface area contributed by atoms with Crippen molar-refractivity contribution in [3.8, 4) is 0 Å². The number of nitrogens with zero attached hydrogens (tertiary/aromatic N) is 2. The Bertz CT molecular complexity index is 491. The van der Waals surface area contributed by atoms with Gasteiger partial charge in [-0.3, -0.25) is 9.69 Å². The number of amides is 1. The molecule has 24 heavy (non-hydrogen) atoms. The average molecular weight is 329 g/mol. The Morgan fingerprint density at radius 1 is 1.00 bits per heavy atom. The van der Waals surface area contributed by atoms with E-state index in [4.69, 9.17) is 0 Å². The molecule has 3 rings (SSSR count). The Labute approximate surface area is 146 Å². The molecule has 4 heteroatoms. The maximum absolute atomic E-state index is 12.1. The van der Waals surface area contributed by atoms with Crippen molar-refractivity contribution in [2.75, 3.05) is 44.2 Å². The lowest BCUT2D eigenvalue weighted by atomic mass is 9.89. The summed E-state index contributed by atoms with van der Waals surface area (Å²) >= 11 is 0. The van der Waals surface area contributed by atoms with Crippen molar-refractivity contribution in [2.24, 2.45) is 5.92 Å². The molecule has 0 atom stereocenters. The van der Waals surface area contributed by atoms with E-state index >= 15 is 0 Å². The lowest BCUT2D eigenvalue weighted by molar-refractivity contribution is -0.125. The van der Waals surface area contributed by atoms with Gasteiger partial charge in [0, 0.05) is 44.3 Å². The summed E-state index contributed by atoms with van der Waals surface area (Å²) in [6, 6.07) is 10.7. The van der Waals surface area contributed by atoms with Gasteiger partial charge in [0.1, 0.15) is 0 Å². The van der Waals surface area contributed by atoms with Crippen LogP contribution in [0, 0.1) is 5.92 Å². The van der Waals surface area contributed by atoms with Crippen molar-refractivity contribution in [2.45, 2.75) is 38.5 Å². The van der Waals surface area contributed by atoms with Crippen LogP contribution in [0.15, 0.2) is 30.3 Å². The number of hydrogen-bond donors (Lipinski definition) is 1. The Kier molecular flexibility index (Phi) is 6.53. The molecule has 2 aliphatic rings. The number of hydrogen-bond acceptors (Lipinski definition) is 3. The zero-order chi connectivity index (χ0) is 16.6. The van der Waals surface area contributed by atoms with Crippen LogP contribution >= 0.6 is 0 Å². The molecule has 0 radical (unpaired) electrons. The highest BCUT2D eigenvalue weighted by Crippen LogP contribution is 2.23. The Morgan fingerprint density at radius 2 is 1.71 bits per heavy atom. The van der Waals surface area contributed by atoms with Gasteiger partial charge < -0.3 is 10.2 Å². The van der Waals surface area contributed by atoms with Gasteiger partial charge in [-0.15, -0.1) is 0 Å². The molecule has 132 valence electrons. The number of para-hydroxylation sites is 1. The summed E-state index contributed by atoms with van der Waals surface area (Å²) in [6.07, 6.45) is 7.00. The van der Waals surface area contributed by atoms with Gasteiger partial charge in [0.25, 0.3) is 0 Å². The van der Waals surface area contributed by atoms with Crippen LogP contribution in [0.1, 0.15) is 38.5 Å². The predicted octanol–water partition coefficient (Wildman–Crippen LogP) is 2.90. The fourth-order valence-electron chi connectivity index (χ4n) is 3.89. The van der Waals surface area contributed by atoms with E-state index in [1.807, 2.05) is 0 Å². The third-order valence-electron chi connectivity index (χ3n) is 5.42. The van der Waals surface area contributed by atoms with Crippen LogP contribution in [0.3, 0.4) is 0 Å². The third kappa shape index (κ3) is 4.97. The molecule has 1 aliphatic carbocycles. The zero-order valence-corrected chi connectivity index (χ0v) is 14.8. The second kappa shape index (κ2) is 9.07. The molecule has 1 aromatic carbocycles. The molecule has 1 aliphatic heterocycles. The number of carbonyl (C=O) groups excluding carboxylic acids is 1. The molecule has 4 nitrogen and oxygen atoms in total. The number of rotatable bonds is 6. The second-order valence-corrected chi connectivity index (χ2v) is 7.14. The molecule has 2 fully saturated rings. The summed E-state index contributed by atoms with van der Waals surface area (Å²) in [7, 11) is 0. The van der Waals surface area contributed by atoms with E-state index in [2.05, 4.69) is 45.4 Å². The molecule has 1 heterocycles. The van der Waals surface area contributed by atoms with Gasteiger partial charge in [-0.25, -0.2) is 0 Å². The van der Waals surface area contributed by atoms with Crippen molar-refractivity contribution in [1.82, 2.24) is 10.2 Å². The quantitative estimate of drug-likeness (QED) is 0.815. The van der Waals surface area contributed by atoms with Gasteiger partial charge in [-0.2, -0.15) is 0 Å². The van der Waals surface area contributed by atoms with Crippen LogP contribution in [0.2, 0.25) is 0 Å². The molecule has 0 aromatic heterocycles. The number of nitrogens with one attached hydrogen (secondary N) is 1. The first-order valence-electron chi connectivity index (χ1n) is 9.63. The van der Waals surface area contributed by atoms with E-state index in [-0.39, 0.29) is 5.92 Å². The molecule has 0 bridgehead atoms. The van der Waals surface area contributed by atoms with E-state index < -0.39 is 0 Å².